The number of amides is 2. The molecule has 1 heterocycles. The highest BCUT2D eigenvalue weighted by Gasteiger charge is 2.37. The lowest BCUT2D eigenvalue weighted by Crippen LogP contribution is -2.36. The molecule has 2 rings (SSSR count). The fraction of sp³-hybridized carbons (Fsp3) is 0.444. The minimum atomic E-state index is -0.286. The van der Waals surface area contributed by atoms with Crippen LogP contribution in [0.15, 0.2) is 23.1 Å². The molecule has 1 aromatic rings. The van der Waals surface area contributed by atoms with E-state index in [1.165, 1.54) is 4.90 Å². The summed E-state index contributed by atoms with van der Waals surface area (Å²) in [5.41, 5.74) is 1.47. The number of carbonyl (C=O) groups excluding carboxylic acids is 2. The molecule has 1 atom stereocenters. The van der Waals surface area contributed by atoms with Crippen molar-refractivity contribution >= 4 is 34.7 Å². The van der Waals surface area contributed by atoms with Crippen LogP contribution in [-0.4, -0.2) is 40.3 Å². The molecule has 2 amide bonds. The fourth-order valence-electron chi connectivity index (χ4n) is 2.62. The van der Waals surface area contributed by atoms with E-state index in [1.54, 1.807) is 18.2 Å². The summed E-state index contributed by atoms with van der Waals surface area (Å²) in [5, 5.41) is 10.0. The lowest BCUT2D eigenvalue weighted by Gasteiger charge is -2.21. The van der Waals surface area contributed by atoms with Gasteiger partial charge < -0.3 is 10.0 Å². The maximum Gasteiger partial charge on any atom is 0.293 e. The summed E-state index contributed by atoms with van der Waals surface area (Å²) in [4.78, 5) is 28.2. The number of hydrogen-bond donors (Lipinski definition) is 1. The molecule has 6 heteroatoms. The minimum absolute atomic E-state index is 0.106. The quantitative estimate of drug-likeness (QED) is 0.785. The van der Waals surface area contributed by atoms with Gasteiger partial charge in [-0.05, 0) is 57.2 Å². The minimum Gasteiger partial charge on any atom is -0.507 e. The summed E-state index contributed by atoms with van der Waals surface area (Å²) in [7, 11) is 0. The van der Waals surface area contributed by atoms with Crippen molar-refractivity contribution < 1.29 is 14.7 Å². The summed E-state index contributed by atoms with van der Waals surface area (Å²) in [6, 6.07) is 5.26. The highest BCUT2D eigenvalue weighted by molar-refractivity contribution is 8.18. The molecule has 1 saturated heterocycles. The molecule has 1 aliphatic rings. The molecular weight excluding hydrogens is 324 g/mol. The van der Waals surface area contributed by atoms with Crippen LogP contribution in [0.3, 0.4) is 0 Å². The van der Waals surface area contributed by atoms with Crippen LogP contribution >= 0.6 is 11.8 Å². The number of carbonyl (C=O) groups is 2. The van der Waals surface area contributed by atoms with Gasteiger partial charge in [0.05, 0.1) is 4.91 Å². The highest BCUT2D eigenvalue weighted by Crippen LogP contribution is 2.36. The zero-order chi connectivity index (χ0) is 17.9. The Morgan fingerprint density at radius 2 is 1.92 bits per heavy atom. The molecule has 1 aromatic carbocycles. The molecule has 0 aromatic heterocycles. The zero-order valence-corrected chi connectivity index (χ0v) is 15.4. The van der Waals surface area contributed by atoms with Gasteiger partial charge in [0.2, 0.25) is 0 Å². The number of phenolic OH excluding ortho intramolecular Hbond substituents is 1. The molecule has 0 radical (unpaired) electrons. The Balaban J connectivity index is 2.29. The predicted molar refractivity (Wildman–Crippen MR) is 99.2 cm³/mol. The van der Waals surface area contributed by atoms with Gasteiger partial charge in [-0.25, -0.2) is 0 Å². The third-order valence-corrected chi connectivity index (χ3v) is 5.17. The second kappa shape index (κ2) is 7.75. The smallest absolute Gasteiger partial charge is 0.293 e. The van der Waals surface area contributed by atoms with Crippen LogP contribution in [0.1, 0.15) is 39.7 Å². The maximum absolute atomic E-state index is 12.4. The van der Waals surface area contributed by atoms with Gasteiger partial charge in [0.15, 0.2) is 0 Å². The van der Waals surface area contributed by atoms with E-state index >= 15 is 0 Å². The Morgan fingerprint density at radius 1 is 1.25 bits per heavy atom. The molecule has 1 N–H and O–H groups in total. The molecule has 0 aliphatic carbocycles. The number of imide groups is 1. The van der Waals surface area contributed by atoms with Crippen molar-refractivity contribution in [3.05, 3.63) is 28.7 Å². The SMILES string of the molecule is CC[C@H](C)N1C(=O)S/C(=C/c2ccc(N(CC)CC)cc2O)C1=O. The largest absolute Gasteiger partial charge is 0.507 e. The molecule has 130 valence electrons. The summed E-state index contributed by atoms with van der Waals surface area (Å²) in [6.07, 6.45) is 2.31. The highest BCUT2D eigenvalue weighted by atomic mass is 32.2. The van der Waals surface area contributed by atoms with Crippen molar-refractivity contribution in [1.29, 1.82) is 0 Å². The zero-order valence-electron chi connectivity index (χ0n) is 14.6. The van der Waals surface area contributed by atoms with Crippen LogP contribution in [-0.2, 0) is 4.79 Å². The second-order valence-electron chi connectivity index (χ2n) is 5.72. The number of aromatic hydroxyl groups is 1. The van der Waals surface area contributed by atoms with E-state index in [1.807, 2.05) is 19.9 Å². The van der Waals surface area contributed by atoms with E-state index in [0.29, 0.717) is 10.5 Å². The van der Waals surface area contributed by atoms with E-state index in [-0.39, 0.29) is 22.9 Å². The van der Waals surface area contributed by atoms with Gasteiger partial charge in [-0.2, -0.15) is 0 Å². The topological polar surface area (TPSA) is 60.9 Å². The normalized spacial score (nSPS) is 17.7. The molecule has 1 aliphatic heterocycles. The maximum atomic E-state index is 12.4. The molecule has 5 nitrogen and oxygen atoms in total. The monoisotopic (exact) mass is 348 g/mol. The van der Waals surface area contributed by atoms with Gasteiger partial charge in [0, 0.05) is 36.4 Å². The van der Waals surface area contributed by atoms with Gasteiger partial charge in [0.25, 0.3) is 11.1 Å². The van der Waals surface area contributed by atoms with Gasteiger partial charge in [-0.3, -0.25) is 14.5 Å². The Kier molecular flexibility index (Phi) is 5.94. The summed E-state index contributed by atoms with van der Waals surface area (Å²) in [5.74, 6) is -0.179. The van der Waals surface area contributed by atoms with Crippen molar-refractivity contribution in [3.8, 4) is 5.75 Å². The van der Waals surface area contributed by atoms with Crippen LogP contribution < -0.4 is 4.90 Å². The third kappa shape index (κ3) is 3.59. The fourth-order valence-corrected chi connectivity index (χ4v) is 3.54. The molecule has 1 fully saturated rings. The molecule has 0 bridgehead atoms. The average Bonchev–Trinajstić information content (AvgIpc) is 2.84. The van der Waals surface area contributed by atoms with E-state index in [2.05, 4.69) is 18.7 Å². The van der Waals surface area contributed by atoms with Crippen LogP contribution in [0, 0.1) is 0 Å². The first kappa shape index (κ1) is 18.4. The number of nitrogens with zero attached hydrogens (tertiary/aromatic N) is 2. The molecular formula is C18H24N2O3S. The molecule has 0 saturated carbocycles. The predicted octanol–water partition coefficient (Wildman–Crippen LogP) is 4.07. The number of phenols is 1. The van der Waals surface area contributed by atoms with E-state index < -0.39 is 0 Å². The van der Waals surface area contributed by atoms with E-state index in [0.717, 1.165) is 37.0 Å². The number of hydrogen-bond acceptors (Lipinski definition) is 5. The first-order valence-corrected chi connectivity index (χ1v) is 9.09. The Labute approximate surface area is 147 Å². The number of benzene rings is 1. The van der Waals surface area contributed by atoms with Crippen LogP contribution in [0.4, 0.5) is 10.5 Å². The van der Waals surface area contributed by atoms with Crippen molar-refractivity contribution in [2.24, 2.45) is 0 Å². The third-order valence-electron chi connectivity index (χ3n) is 4.28. The van der Waals surface area contributed by atoms with E-state index in [9.17, 15) is 14.7 Å². The molecule has 24 heavy (non-hydrogen) atoms. The summed E-state index contributed by atoms with van der Waals surface area (Å²) < 4.78 is 0. The standard InChI is InChI=1S/C18H24N2O3S/c1-5-12(4)20-17(22)16(24-18(20)23)10-13-8-9-14(11-15(13)21)19(6-2)7-3/h8-12,21H,5-7H2,1-4H3/b16-10+/t12-/m0/s1. The number of anilines is 1. The van der Waals surface area contributed by atoms with Gasteiger partial charge in [-0.15, -0.1) is 0 Å². The first-order valence-electron chi connectivity index (χ1n) is 8.27. The van der Waals surface area contributed by atoms with Crippen LogP contribution in [0.5, 0.6) is 5.75 Å². The van der Waals surface area contributed by atoms with Crippen molar-refractivity contribution in [1.82, 2.24) is 4.90 Å². The van der Waals surface area contributed by atoms with E-state index in [4.69, 9.17) is 0 Å². The molecule has 0 unspecified atom stereocenters. The van der Waals surface area contributed by atoms with Crippen LogP contribution in [0.25, 0.3) is 6.08 Å². The lowest BCUT2D eigenvalue weighted by molar-refractivity contribution is -0.124. The summed E-state index contributed by atoms with van der Waals surface area (Å²) >= 11 is 0.926. The first-order chi connectivity index (χ1) is 11.4. The van der Waals surface area contributed by atoms with Crippen molar-refractivity contribution in [2.75, 3.05) is 18.0 Å². The van der Waals surface area contributed by atoms with Crippen molar-refractivity contribution in [3.63, 3.8) is 0 Å². The van der Waals surface area contributed by atoms with Crippen LogP contribution in [0.2, 0.25) is 0 Å². The number of thioether (sulfide) groups is 1. The Bertz CT molecular complexity index is 668. The number of rotatable bonds is 6. The van der Waals surface area contributed by atoms with Gasteiger partial charge >= 0.3 is 0 Å². The Hall–Kier alpha value is -1.95. The van der Waals surface area contributed by atoms with Gasteiger partial charge in [-0.1, -0.05) is 6.92 Å². The Morgan fingerprint density at radius 3 is 2.46 bits per heavy atom. The molecule has 0 spiro atoms. The second-order valence-corrected chi connectivity index (χ2v) is 6.72. The lowest BCUT2D eigenvalue weighted by atomic mass is 10.1. The average molecular weight is 348 g/mol. The van der Waals surface area contributed by atoms with Crippen molar-refractivity contribution in [2.45, 2.75) is 40.2 Å². The van der Waals surface area contributed by atoms with Gasteiger partial charge in [0.1, 0.15) is 5.75 Å². The summed E-state index contributed by atoms with van der Waals surface area (Å²) in [6.45, 7) is 9.61.